The summed E-state index contributed by atoms with van der Waals surface area (Å²) in [7, 11) is 0. The highest BCUT2D eigenvalue weighted by Gasteiger charge is 2.53. The van der Waals surface area contributed by atoms with Gasteiger partial charge in [0.25, 0.3) is 0 Å². The molecule has 1 aromatic carbocycles. The summed E-state index contributed by atoms with van der Waals surface area (Å²) in [6.07, 6.45) is 4.22. The van der Waals surface area contributed by atoms with Crippen LogP contribution in [-0.4, -0.2) is 12.1 Å². The van der Waals surface area contributed by atoms with Gasteiger partial charge in [-0.15, -0.1) is 0 Å². The molecule has 2 heteroatoms. The van der Waals surface area contributed by atoms with Crippen LogP contribution in [0.15, 0.2) is 30.3 Å². The van der Waals surface area contributed by atoms with E-state index in [-0.39, 0.29) is 17.5 Å². The molecule has 0 saturated heterocycles. The topological polar surface area (TPSA) is 26.3 Å². The normalized spacial score (nSPS) is 22.1. The molecule has 2 saturated carbocycles. The molecule has 0 unspecified atom stereocenters. The smallest absolute Gasteiger partial charge is 0.316 e. The van der Waals surface area contributed by atoms with Crippen LogP contribution in [-0.2, 0) is 14.9 Å². The van der Waals surface area contributed by atoms with Crippen molar-refractivity contribution >= 4 is 5.97 Å². The Labute approximate surface area is 89.2 Å². The summed E-state index contributed by atoms with van der Waals surface area (Å²) in [6.45, 7) is 0. The van der Waals surface area contributed by atoms with E-state index >= 15 is 0 Å². The zero-order valence-corrected chi connectivity index (χ0v) is 8.61. The van der Waals surface area contributed by atoms with E-state index in [1.807, 2.05) is 30.3 Å². The number of carbonyl (C=O) groups is 1. The lowest BCUT2D eigenvalue weighted by Gasteiger charge is -2.14. The molecular formula is C13H14O2. The first kappa shape index (κ1) is 8.96. The van der Waals surface area contributed by atoms with Crippen molar-refractivity contribution in [2.75, 3.05) is 0 Å². The van der Waals surface area contributed by atoms with E-state index in [1.165, 1.54) is 0 Å². The molecule has 1 aromatic rings. The molecule has 3 rings (SSSR count). The Kier molecular flexibility index (Phi) is 1.84. The fraction of sp³-hybridized carbons (Fsp3) is 0.462. The van der Waals surface area contributed by atoms with E-state index in [0.717, 1.165) is 31.2 Å². The SMILES string of the molecule is O=C(OC1CC1)C1(c2ccccc2)CC1. The zero-order chi connectivity index (χ0) is 10.3. The quantitative estimate of drug-likeness (QED) is 0.704. The van der Waals surface area contributed by atoms with E-state index in [0.29, 0.717) is 0 Å². The molecule has 0 aromatic heterocycles. The van der Waals surface area contributed by atoms with Crippen molar-refractivity contribution < 1.29 is 9.53 Å². The van der Waals surface area contributed by atoms with Crippen LogP contribution in [0.4, 0.5) is 0 Å². The second-order valence-corrected chi connectivity index (χ2v) is 4.55. The van der Waals surface area contributed by atoms with Gasteiger partial charge >= 0.3 is 5.97 Å². The molecule has 0 spiro atoms. The summed E-state index contributed by atoms with van der Waals surface area (Å²) < 4.78 is 5.40. The van der Waals surface area contributed by atoms with Crippen molar-refractivity contribution in [3.05, 3.63) is 35.9 Å². The van der Waals surface area contributed by atoms with Gasteiger partial charge in [-0.1, -0.05) is 30.3 Å². The minimum Gasteiger partial charge on any atom is -0.462 e. The molecule has 2 fully saturated rings. The van der Waals surface area contributed by atoms with E-state index in [1.54, 1.807) is 0 Å². The lowest BCUT2D eigenvalue weighted by molar-refractivity contribution is -0.148. The highest BCUT2D eigenvalue weighted by Crippen LogP contribution is 2.50. The predicted molar refractivity (Wildman–Crippen MR) is 56.5 cm³/mol. The predicted octanol–water partition coefficient (Wildman–Crippen LogP) is 2.42. The highest BCUT2D eigenvalue weighted by molar-refractivity contribution is 5.86. The lowest BCUT2D eigenvalue weighted by atomic mass is 9.96. The van der Waals surface area contributed by atoms with Gasteiger partial charge in [0.15, 0.2) is 0 Å². The van der Waals surface area contributed by atoms with Crippen LogP contribution >= 0.6 is 0 Å². The van der Waals surface area contributed by atoms with Crippen molar-refractivity contribution in [3.8, 4) is 0 Å². The van der Waals surface area contributed by atoms with Crippen molar-refractivity contribution in [2.24, 2.45) is 0 Å². The average molecular weight is 202 g/mol. The number of esters is 1. The van der Waals surface area contributed by atoms with E-state index in [2.05, 4.69) is 0 Å². The fourth-order valence-corrected chi connectivity index (χ4v) is 1.94. The molecule has 2 aliphatic carbocycles. The first-order valence-electron chi connectivity index (χ1n) is 5.58. The molecule has 0 bridgehead atoms. The van der Waals surface area contributed by atoms with Crippen molar-refractivity contribution in [1.82, 2.24) is 0 Å². The van der Waals surface area contributed by atoms with Gasteiger partial charge < -0.3 is 4.74 Å². The zero-order valence-electron chi connectivity index (χ0n) is 8.61. The molecule has 2 nitrogen and oxygen atoms in total. The molecule has 78 valence electrons. The van der Waals surface area contributed by atoms with Crippen molar-refractivity contribution in [1.29, 1.82) is 0 Å². The van der Waals surface area contributed by atoms with Gasteiger partial charge in [0, 0.05) is 0 Å². The van der Waals surface area contributed by atoms with Gasteiger partial charge in [-0.3, -0.25) is 4.79 Å². The summed E-state index contributed by atoms with van der Waals surface area (Å²) in [4.78, 5) is 12.0. The monoisotopic (exact) mass is 202 g/mol. The molecule has 0 N–H and O–H groups in total. The van der Waals surface area contributed by atoms with Crippen LogP contribution in [0.1, 0.15) is 31.2 Å². The van der Waals surface area contributed by atoms with Crippen molar-refractivity contribution in [3.63, 3.8) is 0 Å². The third-order valence-corrected chi connectivity index (χ3v) is 3.27. The number of hydrogen-bond donors (Lipinski definition) is 0. The summed E-state index contributed by atoms with van der Waals surface area (Å²) in [6, 6.07) is 10.0. The van der Waals surface area contributed by atoms with Crippen LogP contribution in [0.25, 0.3) is 0 Å². The number of rotatable bonds is 3. The third kappa shape index (κ3) is 1.54. The Balaban J connectivity index is 1.81. The number of ether oxygens (including phenoxy) is 1. The van der Waals surface area contributed by atoms with Crippen molar-refractivity contribution in [2.45, 2.75) is 37.2 Å². The third-order valence-electron chi connectivity index (χ3n) is 3.27. The van der Waals surface area contributed by atoms with Crippen LogP contribution in [0.3, 0.4) is 0 Å². The standard InChI is InChI=1S/C13H14O2/c14-12(15-11-6-7-11)13(8-9-13)10-4-2-1-3-5-10/h1-5,11H,6-9H2. The minimum atomic E-state index is -0.288. The Morgan fingerprint density at radius 3 is 2.40 bits per heavy atom. The molecule has 0 amide bonds. The second-order valence-electron chi connectivity index (χ2n) is 4.55. The summed E-state index contributed by atoms with van der Waals surface area (Å²) in [5, 5.41) is 0. The molecular weight excluding hydrogens is 188 g/mol. The molecule has 2 aliphatic rings. The molecule has 0 aliphatic heterocycles. The Morgan fingerprint density at radius 2 is 1.87 bits per heavy atom. The van der Waals surface area contributed by atoms with Crippen LogP contribution < -0.4 is 0 Å². The first-order valence-corrected chi connectivity index (χ1v) is 5.58. The molecule has 0 radical (unpaired) electrons. The number of hydrogen-bond acceptors (Lipinski definition) is 2. The van der Waals surface area contributed by atoms with Gasteiger partial charge in [-0.2, -0.15) is 0 Å². The summed E-state index contributed by atoms with van der Waals surface area (Å²) in [5.74, 6) is -0.00352. The molecule has 0 heterocycles. The van der Waals surface area contributed by atoms with Gasteiger partial charge in [-0.25, -0.2) is 0 Å². The second kappa shape index (κ2) is 3.09. The minimum absolute atomic E-state index is 0.00352. The first-order chi connectivity index (χ1) is 7.31. The summed E-state index contributed by atoms with van der Waals surface area (Å²) >= 11 is 0. The van der Waals surface area contributed by atoms with E-state index in [4.69, 9.17) is 4.74 Å². The Morgan fingerprint density at radius 1 is 1.20 bits per heavy atom. The highest BCUT2D eigenvalue weighted by atomic mass is 16.6. The fourth-order valence-electron chi connectivity index (χ4n) is 1.94. The Bertz CT molecular complexity index is 375. The largest absolute Gasteiger partial charge is 0.462 e. The summed E-state index contributed by atoms with van der Waals surface area (Å²) in [5.41, 5.74) is 0.833. The van der Waals surface area contributed by atoms with Gasteiger partial charge in [0.1, 0.15) is 6.10 Å². The van der Waals surface area contributed by atoms with E-state index in [9.17, 15) is 4.79 Å². The van der Waals surface area contributed by atoms with Crippen LogP contribution in [0.5, 0.6) is 0 Å². The van der Waals surface area contributed by atoms with Gasteiger partial charge in [0.2, 0.25) is 0 Å². The van der Waals surface area contributed by atoms with Crippen LogP contribution in [0, 0.1) is 0 Å². The maximum atomic E-state index is 12.0. The van der Waals surface area contributed by atoms with Gasteiger partial charge in [-0.05, 0) is 31.2 Å². The number of carbonyl (C=O) groups excluding carboxylic acids is 1. The number of benzene rings is 1. The average Bonchev–Trinajstić information content (AvgIpc) is 3.14. The van der Waals surface area contributed by atoms with Gasteiger partial charge in [0.05, 0.1) is 5.41 Å². The Hall–Kier alpha value is -1.31. The molecule has 15 heavy (non-hydrogen) atoms. The maximum Gasteiger partial charge on any atom is 0.316 e. The van der Waals surface area contributed by atoms with Crippen LogP contribution in [0.2, 0.25) is 0 Å². The van der Waals surface area contributed by atoms with E-state index < -0.39 is 0 Å². The lowest BCUT2D eigenvalue weighted by Crippen LogP contribution is -2.23. The maximum absolute atomic E-state index is 12.0. The molecule has 0 atom stereocenters.